The van der Waals surface area contributed by atoms with Crippen LogP contribution in [0.2, 0.25) is 0 Å². The zero-order valence-corrected chi connectivity index (χ0v) is 18.3. The van der Waals surface area contributed by atoms with Gasteiger partial charge in [-0.05, 0) is 67.7 Å². The summed E-state index contributed by atoms with van der Waals surface area (Å²) in [6, 6.07) is 6.71. The Morgan fingerprint density at radius 2 is 1.86 bits per heavy atom. The number of ether oxygens (including phenoxy) is 1. The third-order valence-corrected chi connectivity index (χ3v) is 6.20. The molecule has 0 fully saturated rings. The van der Waals surface area contributed by atoms with Crippen LogP contribution < -0.4 is 0 Å². The van der Waals surface area contributed by atoms with E-state index in [4.69, 9.17) is 11.2 Å². The van der Waals surface area contributed by atoms with E-state index < -0.39 is 0 Å². The molecule has 3 nitrogen and oxygen atoms in total. The summed E-state index contributed by atoms with van der Waals surface area (Å²) in [5.74, 6) is 3.71. The van der Waals surface area contributed by atoms with Gasteiger partial charge in [-0.15, -0.1) is 6.42 Å². The van der Waals surface area contributed by atoms with Gasteiger partial charge in [0.25, 0.3) is 0 Å². The maximum atomic E-state index is 5.95. The van der Waals surface area contributed by atoms with Crippen LogP contribution in [0.25, 0.3) is 0 Å². The molecule has 0 spiro atoms. The van der Waals surface area contributed by atoms with Gasteiger partial charge >= 0.3 is 0 Å². The highest BCUT2D eigenvalue weighted by atomic mass is 16.5. The number of fused-ring (bicyclic) bond motifs is 1. The van der Waals surface area contributed by atoms with Gasteiger partial charge in [0.15, 0.2) is 5.76 Å². The Balaban J connectivity index is 1.65. The third kappa shape index (κ3) is 5.07. The van der Waals surface area contributed by atoms with Crippen molar-refractivity contribution in [2.75, 3.05) is 14.1 Å². The normalized spacial score (nSPS) is 18.6. The number of hydrogen-bond donors (Lipinski definition) is 0. The lowest BCUT2D eigenvalue weighted by Gasteiger charge is -2.35. The largest absolute Gasteiger partial charge is 0.481 e. The molecule has 1 aliphatic carbocycles. The molecule has 0 saturated carbocycles. The number of benzene rings is 1. The van der Waals surface area contributed by atoms with Crippen LogP contribution in [0, 0.1) is 18.3 Å². The number of hydrogen-bond acceptors (Lipinski definition) is 3. The lowest BCUT2D eigenvalue weighted by atomic mass is 9.90. The number of rotatable bonds is 7. The Morgan fingerprint density at radius 1 is 1.17 bits per heavy atom. The number of allylic oxidation sites excluding steroid dienone is 3. The highest BCUT2D eigenvalue weighted by Crippen LogP contribution is 2.28. The minimum absolute atomic E-state index is 0.343. The minimum atomic E-state index is 0.343. The van der Waals surface area contributed by atoms with Crippen LogP contribution in [0.15, 0.2) is 54.1 Å². The molecule has 3 heteroatoms. The molecule has 1 aromatic rings. The Bertz CT molecular complexity index is 831. The smallest absolute Gasteiger partial charge is 0.170 e. The molecule has 0 saturated heterocycles. The first-order chi connectivity index (χ1) is 14.0. The molecule has 0 radical (unpaired) electrons. The standard InChI is InChI=1S/C26H34N2O/c1-6-24(29-19-21-13-14-22-10-8-9-11-23(22)18-21)15-12-20(3)25(7-2)26-27(4)16-17-28(26)5/h1,12-18,25-26H,7-11,19H2,2-5H3/b20-12+,24-15+. The molecule has 1 heterocycles. The van der Waals surface area contributed by atoms with Crippen LogP contribution in [-0.4, -0.2) is 30.1 Å². The Labute approximate surface area is 176 Å². The first-order valence-corrected chi connectivity index (χ1v) is 10.7. The van der Waals surface area contributed by atoms with E-state index in [-0.39, 0.29) is 0 Å². The van der Waals surface area contributed by atoms with E-state index in [1.165, 1.54) is 47.9 Å². The third-order valence-electron chi connectivity index (χ3n) is 6.20. The van der Waals surface area contributed by atoms with Gasteiger partial charge in [0.2, 0.25) is 0 Å². The predicted octanol–water partition coefficient (Wildman–Crippen LogP) is 5.25. The van der Waals surface area contributed by atoms with E-state index in [1.807, 2.05) is 6.08 Å². The lowest BCUT2D eigenvalue weighted by Crippen LogP contribution is -2.41. The quantitative estimate of drug-likeness (QED) is 0.359. The number of nitrogens with zero attached hydrogens (tertiary/aromatic N) is 2. The number of terminal acetylenes is 1. The molecule has 2 aliphatic rings. The maximum absolute atomic E-state index is 5.95. The molecule has 0 N–H and O–H groups in total. The second-order valence-electron chi connectivity index (χ2n) is 8.24. The van der Waals surface area contributed by atoms with Crippen molar-refractivity contribution in [1.82, 2.24) is 9.80 Å². The summed E-state index contributed by atoms with van der Waals surface area (Å²) >= 11 is 0. The van der Waals surface area contributed by atoms with Gasteiger partial charge in [0, 0.05) is 32.4 Å². The summed E-state index contributed by atoms with van der Waals surface area (Å²) in [4.78, 5) is 4.54. The van der Waals surface area contributed by atoms with Crippen LogP contribution >= 0.6 is 0 Å². The Hall–Kier alpha value is -2.60. The van der Waals surface area contributed by atoms with Crippen LogP contribution in [0.5, 0.6) is 0 Å². The van der Waals surface area contributed by atoms with Crippen molar-refractivity contribution in [3.63, 3.8) is 0 Å². The zero-order valence-electron chi connectivity index (χ0n) is 18.3. The van der Waals surface area contributed by atoms with Gasteiger partial charge in [-0.2, -0.15) is 0 Å². The molecule has 29 heavy (non-hydrogen) atoms. The fourth-order valence-electron chi connectivity index (χ4n) is 4.52. The summed E-state index contributed by atoms with van der Waals surface area (Å²) in [6.07, 6.45) is 20.4. The first kappa shape index (κ1) is 21.1. The Morgan fingerprint density at radius 3 is 2.52 bits per heavy atom. The highest BCUT2D eigenvalue weighted by Gasteiger charge is 2.29. The van der Waals surface area contributed by atoms with Gasteiger partial charge in [-0.25, -0.2) is 0 Å². The molecule has 1 aromatic carbocycles. The van der Waals surface area contributed by atoms with E-state index >= 15 is 0 Å². The van der Waals surface area contributed by atoms with Crippen molar-refractivity contribution < 1.29 is 4.74 Å². The van der Waals surface area contributed by atoms with Crippen molar-refractivity contribution in [1.29, 1.82) is 0 Å². The lowest BCUT2D eigenvalue weighted by molar-refractivity contribution is 0.146. The maximum Gasteiger partial charge on any atom is 0.170 e. The second-order valence-corrected chi connectivity index (χ2v) is 8.24. The van der Waals surface area contributed by atoms with E-state index in [0.717, 1.165) is 6.42 Å². The molecule has 1 atom stereocenters. The second kappa shape index (κ2) is 9.74. The molecular formula is C26H34N2O. The fourth-order valence-corrected chi connectivity index (χ4v) is 4.52. The van der Waals surface area contributed by atoms with Crippen molar-refractivity contribution in [3.05, 3.63) is 70.8 Å². The summed E-state index contributed by atoms with van der Waals surface area (Å²) in [6.45, 7) is 4.94. The van der Waals surface area contributed by atoms with Crippen LogP contribution in [0.4, 0.5) is 0 Å². The Kier molecular flexibility index (Phi) is 7.09. The molecule has 0 aromatic heterocycles. The predicted molar refractivity (Wildman–Crippen MR) is 121 cm³/mol. The molecule has 1 aliphatic heterocycles. The fraction of sp³-hybridized carbons (Fsp3) is 0.462. The molecule has 0 bridgehead atoms. The van der Waals surface area contributed by atoms with Crippen LogP contribution in [-0.2, 0) is 24.2 Å². The van der Waals surface area contributed by atoms with Crippen LogP contribution in [0.1, 0.15) is 49.8 Å². The summed E-state index contributed by atoms with van der Waals surface area (Å²) in [5.41, 5.74) is 5.47. The molecule has 154 valence electrons. The summed E-state index contributed by atoms with van der Waals surface area (Å²) in [5, 5.41) is 0. The van der Waals surface area contributed by atoms with Crippen molar-refractivity contribution >= 4 is 0 Å². The van der Waals surface area contributed by atoms with E-state index in [1.54, 1.807) is 0 Å². The van der Waals surface area contributed by atoms with Crippen LogP contribution in [0.3, 0.4) is 0 Å². The molecule has 0 amide bonds. The van der Waals surface area contributed by atoms with Gasteiger partial charge in [-0.3, -0.25) is 0 Å². The monoisotopic (exact) mass is 390 g/mol. The number of aryl methyl sites for hydroxylation is 2. The topological polar surface area (TPSA) is 15.7 Å². The van der Waals surface area contributed by atoms with E-state index in [9.17, 15) is 0 Å². The molecule has 3 rings (SSSR count). The average molecular weight is 391 g/mol. The average Bonchev–Trinajstić information content (AvgIpc) is 3.07. The molecular weight excluding hydrogens is 356 g/mol. The van der Waals surface area contributed by atoms with Gasteiger partial charge in [-0.1, -0.05) is 36.8 Å². The SMILES string of the molecule is C#C/C(=C\C=C(/C)C(CC)C1N(C)C=CN1C)OCc1ccc2c(c1)CCCC2. The minimum Gasteiger partial charge on any atom is -0.481 e. The van der Waals surface area contributed by atoms with Crippen molar-refractivity contribution in [3.8, 4) is 12.3 Å². The molecule has 1 unspecified atom stereocenters. The van der Waals surface area contributed by atoms with Crippen molar-refractivity contribution in [2.24, 2.45) is 5.92 Å². The zero-order chi connectivity index (χ0) is 20.8. The van der Waals surface area contributed by atoms with E-state index in [2.05, 4.69) is 80.3 Å². The van der Waals surface area contributed by atoms with Crippen molar-refractivity contribution in [2.45, 2.75) is 58.7 Å². The first-order valence-electron chi connectivity index (χ1n) is 10.7. The summed E-state index contributed by atoms with van der Waals surface area (Å²) in [7, 11) is 4.26. The van der Waals surface area contributed by atoms with Gasteiger partial charge in [0.05, 0.1) is 0 Å². The highest BCUT2D eigenvalue weighted by molar-refractivity contribution is 5.34. The van der Waals surface area contributed by atoms with Gasteiger partial charge < -0.3 is 14.5 Å². The van der Waals surface area contributed by atoms with Gasteiger partial charge in [0.1, 0.15) is 12.8 Å². The summed E-state index contributed by atoms with van der Waals surface area (Å²) < 4.78 is 5.95. The van der Waals surface area contributed by atoms with E-state index in [0.29, 0.717) is 24.4 Å².